The quantitative estimate of drug-likeness (QED) is 0.510. The van der Waals surface area contributed by atoms with Crippen LogP contribution in [-0.4, -0.2) is 26.4 Å². The molecule has 0 radical (unpaired) electrons. The second kappa shape index (κ2) is 8.91. The Balaban J connectivity index is 1.68. The molecule has 0 spiro atoms. The second-order valence-electron chi connectivity index (χ2n) is 6.29. The zero-order valence-corrected chi connectivity index (χ0v) is 17.8. The Morgan fingerprint density at radius 1 is 1.33 bits per heavy atom. The van der Waals surface area contributed by atoms with E-state index in [4.69, 9.17) is 11.6 Å². The van der Waals surface area contributed by atoms with Crippen LogP contribution in [0.3, 0.4) is 0 Å². The van der Waals surface area contributed by atoms with Gasteiger partial charge in [-0.25, -0.2) is 0 Å². The first kappa shape index (κ1) is 19.9. The highest BCUT2D eigenvalue weighted by Crippen LogP contribution is 2.31. The maximum Gasteiger partial charge on any atom is 0.234 e. The maximum atomic E-state index is 12.2. The number of thioether (sulfide) groups is 1. The molecule has 0 fully saturated rings. The van der Waals surface area contributed by atoms with E-state index in [1.807, 2.05) is 10.6 Å². The van der Waals surface area contributed by atoms with Crippen molar-refractivity contribution in [3.63, 3.8) is 0 Å². The number of hydrogen-bond donors (Lipinski definition) is 1. The summed E-state index contributed by atoms with van der Waals surface area (Å²) < 4.78 is 2.05. The third kappa shape index (κ3) is 4.91. The molecular formula is C19H21ClN4OS2. The highest BCUT2D eigenvalue weighted by atomic mass is 35.5. The van der Waals surface area contributed by atoms with E-state index in [1.54, 1.807) is 29.5 Å². The Morgan fingerprint density at radius 3 is 2.81 bits per heavy atom. The van der Waals surface area contributed by atoms with E-state index in [-0.39, 0.29) is 11.7 Å². The topological polar surface area (TPSA) is 59.8 Å². The number of nitrogens with one attached hydrogen (secondary N) is 1. The van der Waals surface area contributed by atoms with Gasteiger partial charge in [-0.3, -0.25) is 4.79 Å². The number of aromatic nitrogens is 3. The van der Waals surface area contributed by atoms with Gasteiger partial charge in [0.25, 0.3) is 0 Å². The Hall–Kier alpha value is -1.83. The zero-order chi connectivity index (χ0) is 19.4. The lowest BCUT2D eigenvalue weighted by atomic mass is 10.1. The van der Waals surface area contributed by atoms with Crippen molar-refractivity contribution in [2.75, 3.05) is 11.1 Å². The van der Waals surface area contributed by atoms with Crippen molar-refractivity contribution in [3.8, 4) is 11.4 Å². The summed E-state index contributed by atoms with van der Waals surface area (Å²) in [5.41, 5.74) is 1.76. The van der Waals surface area contributed by atoms with Crippen molar-refractivity contribution in [1.29, 1.82) is 0 Å². The highest BCUT2D eigenvalue weighted by Gasteiger charge is 2.16. The average Bonchev–Trinajstić information content (AvgIpc) is 3.26. The summed E-state index contributed by atoms with van der Waals surface area (Å²) in [4.78, 5) is 13.5. The first-order chi connectivity index (χ1) is 13.0. The summed E-state index contributed by atoms with van der Waals surface area (Å²) in [6, 6.07) is 9.28. The normalized spacial score (nSPS) is 11.1. The van der Waals surface area contributed by atoms with Crippen LogP contribution in [0.15, 0.2) is 40.9 Å². The fraction of sp³-hybridized carbons (Fsp3) is 0.316. The summed E-state index contributed by atoms with van der Waals surface area (Å²) in [5.74, 6) is 1.49. The third-order valence-corrected chi connectivity index (χ3v) is 6.36. The van der Waals surface area contributed by atoms with E-state index >= 15 is 0 Å². The standard InChI is InChI=1S/C19H21ClN4OS2/c1-4-24-18(13-8-16(12(2)3)26-10-13)22-23-19(24)27-11-17(25)21-15-7-5-6-14(20)9-15/h5-10,12H,4,11H2,1-3H3,(H,21,25). The van der Waals surface area contributed by atoms with Crippen molar-refractivity contribution in [3.05, 3.63) is 45.6 Å². The molecule has 1 N–H and O–H groups in total. The van der Waals surface area contributed by atoms with E-state index < -0.39 is 0 Å². The van der Waals surface area contributed by atoms with Crippen molar-refractivity contribution < 1.29 is 4.79 Å². The van der Waals surface area contributed by atoms with E-state index in [0.717, 1.165) is 23.1 Å². The number of anilines is 1. The molecule has 0 aliphatic heterocycles. The number of halogens is 1. The number of hydrogen-bond acceptors (Lipinski definition) is 5. The average molecular weight is 421 g/mol. The van der Waals surface area contributed by atoms with Crippen LogP contribution in [0.1, 0.15) is 31.6 Å². The molecule has 2 heterocycles. The molecule has 0 aliphatic rings. The predicted octanol–water partition coefficient (Wildman–Crippen LogP) is 5.53. The minimum Gasteiger partial charge on any atom is -0.325 e. The highest BCUT2D eigenvalue weighted by molar-refractivity contribution is 7.99. The van der Waals surface area contributed by atoms with Gasteiger partial charge in [0.05, 0.1) is 5.75 Å². The summed E-state index contributed by atoms with van der Waals surface area (Å²) in [6.07, 6.45) is 0. The number of rotatable bonds is 7. The molecule has 2 aromatic heterocycles. The van der Waals surface area contributed by atoms with Crippen LogP contribution < -0.4 is 5.32 Å². The van der Waals surface area contributed by atoms with E-state index in [1.165, 1.54) is 16.6 Å². The number of carbonyl (C=O) groups excluding carboxylic acids is 1. The summed E-state index contributed by atoms with van der Waals surface area (Å²) >= 11 is 9.06. The van der Waals surface area contributed by atoms with Gasteiger partial charge < -0.3 is 9.88 Å². The molecule has 3 aromatic rings. The van der Waals surface area contributed by atoms with Gasteiger partial charge in [0.15, 0.2) is 11.0 Å². The minimum absolute atomic E-state index is 0.105. The monoisotopic (exact) mass is 420 g/mol. The molecule has 0 saturated heterocycles. The van der Waals surface area contributed by atoms with Gasteiger partial charge in [0.1, 0.15) is 0 Å². The van der Waals surface area contributed by atoms with Crippen molar-refractivity contribution in [2.24, 2.45) is 0 Å². The Kier molecular flexibility index (Phi) is 6.57. The van der Waals surface area contributed by atoms with Crippen LogP contribution in [0.5, 0.6) is 0 Å². The van der Waals surface area contributed by atoms with Crippen LogP contribution >= 0.6 is 34.7 Å². The van der Waals surface area contributed by atoms with Gasteiger partial charge in [-0.05, 0) is 37.1 Å². The van der Waals surface area contributed by atoms with E-state index in [9.17, 15) is 4.79 Å². The molecule has 5 nitrogen and oxygen atoms in total. The smallest absolute Gasteiger partial charge is 0.234 e. The maximum absolute atomic E-state index is 12.2. The molecule has 1 amide bonds. The number of amides is 1. The van der Waals surface area contributed by atoms with E-state index in [0.29, 0.717) is 16.6 Å². The van der Waals surface area contributed by atoms with Gasteiger partial charge in [0, 0.05) is 33.1 Å². The predicted molar refractivity (Wildman–Crippen MR) is 114 cm³/mol. The van der Waals surface area contributed by atoms with Crippen LogP contribution in [0.25, 0.3) is 11.4 Å². The number of thiophene rings is 1. The number of nitrogens with zero attached hydrogens (tertiary/aromatic N) is 3. The van der Waals surface area contributed by atoms with E-state index in [2.05, 4.69) is 47.7 Å². The minimum atomic E-state index is -0.105. The largest absolute Gasteiger partial charge is 0.325 e. The summed E-state index contributed by atoms with van der Waals surface area (Å²) in [7, 11) is 0. The lowest BCUT2D eigenvalue weighted by molar-refractivity contribution is -0.113. The molecule has 0 unspecified atom stereocenters. The van der Waals surface area contributed by atoms with Crippen molar-refractivity contribution in [1.82, 2.24) is 14.8 Å². The lowest BCUT2D eigenvalue weighted by Crippen LogP contribution is -2.14. The SMILES string of the molecule is CCn1c(SCC(=O)Nc2cccc(Cl)c2)nnc1-c1csc(C(C)C)c1. The van der Waals surface area contributed by atoms with Crippen LogP contribution in [0.2, 0.25) is 5.02 Å². The third-order valence-electron chi connectivity index (χ3n) is 3.92. The molecule has 3 rings (SSSR count). The molecule has 0 atom stereocenters. The van der Waals surface area contributed by atoms with Crippen LogP contribution in [0, 0.1) is 0 Å². The first-order valence-electron chi connectivity index (χ1n) is 8.68. The Bertz CT molecular complexity index is 935. The molecule has 0 saturated carbocycles. The van der Waals surface area contributed by atoms with Gasteiger partial charge in [-0.1, -0.05) is 43.3 Å². The molecule has 0 aliphatic carbocycles. The molecule has 8 heteroatoms. The number of carbonyl (C=O) groups is 1. The first-order valence-corrected chi connectivity index (χ1v) is 10.9. The summed E-state index contributed by atoms with van der Waals surface area (Å²) in [6.45, 7) is 7.16. The number of benzene rings is 1. The fourth-order valence-electron chi connectivity index (χ4n) is 2.56. The van der Waals surface area contributed by atoms with Crippen LogP contribution in [0.4, 0.5) is 5.69 Å². The Labute approximate surface area is 172 Å². The molecule has 27 heavy (non-hydrogen) atoms. The molecule has 0 bridgehead atoms. The van der Waals surface area contributed by atoms with Gasteiger partial charge >= 0.3 is 0 Å². The molecule has 1 aromatic carbocycles. The van der Waals surface area contributed by atoms with Gasteiger partial charge in [-0.2, -0.15) is 0 Å². The fourth-order valence-corrected chi connectivity index (χ4v) is 4.46. The van der Waals surface area contributed by atoms with Crippen molar-refractivity contribution in [2.45, 2.75) is 38.4 Å². The zero-order valence-electron chi connectivity index (χ0n) is 15.4. The van der Waals surface area contributed by atoms with Crippen LogP contribution in [-0.2, 0) is 11.3 Å². The summed E-state index contributed by atoms with van der Waals surface area (Å²) in [5, 5.41) is 14.9. The molecule has 142 valence electrons. The Morgan fingerprint density at radius 2 is 2.15 bits per heavy atom. The molecular weight excluding hydrogens is 400 g/mol. The second-order valence-corrected chi connectivity index (χ2v) is 8.61. The van der Waals surface area contributed by atoms with Crippen molar-refractivity contribution >= 4 is 46.3 Å². The van der Waals surface area contributed by atoms with Gasteiger partial charge in [0.2, 0.25) is 5.91 Å². The lowest BCUT2D eigenvalue weighted by Gasteiger charge is -2.07. The van der Waals surface area contributed by atoms with Gasteiger partial charge in [-0.15, -0.1) is 21.5 Å².